The maximum Gasteiger partial charge on any atom is 0.272 e. The van der Waals surface area contributed by atoms with Crippen LogP contribution in [0.15, 0.2) is 58.1 Å². The van der Waals surface area contributed by atoms with Crippen LogP contribution in [0.3, 0.4) is 0 Å². The van der Waals surface area contributed by atoms with Gasteiger partial charge in [0.15, 0.2) is 6.61 Å². The number of nitrogens with one attached hydrogen (secondary N) is 1. The molecule has 28 heavy (non-hydrogen) atoms. The van der Waals surface area contributed by atoms with Gasteiger partial charge in [0.2, 0.25) is 0 Å². The van der Waals surface area contributed by atoms with E-state index in [0.29, 0.717) is 34.6 Å². The van der Waals surface area contributed by atoms with Crippen molar-refractivity contribution in [3.8, 4) is 5.75 Å². The second-order valence-electron chi connectivity index (χ2n) is 6.00. The molecular weight excluding hydrogens is 422 g/mol. The van der Waals surface area contributed by atoms with Crippen molar-refractivity contribution >= 4 is 33.5 Å². The van der Waals surface area contributed by atoms with Crippen molar-refractivity contribution in [2.24, 2.45) is 5.10 Å². The molecule has 7 heteroatoms. The Bertz CT molecular complexity index is 846. The number of halogens is 1. The Kier molecular flexibility index (Phi) is 8.19. The molecular formula is C21H24BrN3O3. The lowest BCUT2D eigenvalue weighted by atomic mass is 10.1. The van der Waals surface area contributed by atoms with Crippen molar-refractivity contribution in [3.63, 3.8) is 0 Å². The summed E-state index contributed by atoms with van der Waals surface area (Å²) in [5.74, 6) is 0.276. The van der Waals surface area contributed by atoms with E-state index in [9.17, 15) is 9.59 Å². The standard InChI is InChI=1S/C21H24BrN3O3/c1-4-25(5-2)20(26)14-28-17-12-10-16(11-13-17)15(3)23-24-21(27)18-8-6-7-9-19(18)22/h6-13H,4-5,14H2,1-3H3,(H,24,27)/b23-15+. The Labute approximate surface area is 173 Å². The summed E-state index contributed by atoms with van der Waals surface area (Å²) in [6.45, 7) is 7.02. The fourth-order valence-corrected chi connectivity index (χ4v) is 2.97. The Morgan fingerprint density at radius 2 is 1.71 bits per heavy atom. The van der Waals surface area contributed by atoms with Gasteiger partial charge in [-0.1, -0.05) is 12.1 Å². The van der Waals surface area contributed by atoms with Crippen LogP contribution in [0.2, 0.25) is 0 Å². The zero-order chi connectivity index (χ0) is 20.5. The number of likely N-dealkylation sites (N-methyl/N-ethyl adjacent to an activating group) is 1. The second kappa shape index (κ2) is 10.6. The summed E-state index contributed by atoms with van der Waals surface area (Å²) >= 11 is 3.35. The zero-order valence-electron chi connectivity index (χ0n) is 16.2. The first-order valence-corrected chi connectivity index (χ1v) is 9.85. The molecule has 0 saturated heterocycles. The predicted octanol–water partition coefficient (Wildman–Crippen LogP) is 3.85. The molecule has 0 saturated carbocycles. The van der Waals surface area contributed by atoms with Gasteiger partial charge in [-0.25, -0.2) is 5.43 Å². The van der Waals surface area contributed by atoms with Gasteiger partial charge in [-0.2, -0.15) is 5.10 Å². The van der Waals surface area contributed by atoms with Crippen LogP contribution in [0, 0.1) is 0 Å². The van der Waals surface area contributed by atoms with Crippen molar-refractivity contribution in [1.82, 2.24) is 10.3 Å². The van der Waals surface area contributed by atoms with Crippen LogP contribution in [0.1, 0.15) is 36.7 Å². The molecule has 2 aromatic carbocycles. The molecule has 0 radical (unpaired) electrons. The summed E-state index contributed by atoms with van der Waals surface area (Å²) in [7, 11) is 0. The molecule has 2 amide bonds. The molecule has 0 aliphatic carbocycles. The number of rotatable bonds is 8. The van der Waals surface area contributed by atoms with E-state index < -0.39 is 0 Å². The number of hydrazone groups is 1. The van der Waals surface area contributed by atoms with Crippen molar-refractivity contribution in [3.05, 3.63) is 64.1 Å². The molecule has 0 aliphatic heterocycles. The molecule has 6 nitrogen and oxygen atoms in total. The quantitative estimate of drug-likeness (QED) is 0.495. The topological polar surface area (TPSA) is 71.0 Å². The Morgan fingerprint density at radius 1 is 1.07 bits per heavy atom. The Hall–Kier alpha value is -2.67. The lowest BCUT2D eigenvalue weighted by molar-refractivity contribution is -0.132. The van der Waals surface area contributed by atoms with Gasteiger partial charge in [0.25, 0.3) is 11.8 Å². The molecule has 0 heterocycles. The fraction of sp³-hybridized carbons (Fsp3) is 0.286. The van der Waals surface area contributed by atoms with Crippen molar-refractivity contribution in [2.75, 3.05) is 19.7 Å². The van der Waals surface area contributed by atoms with Crippen molar-refractivity contribution in [1.29, 1.82) is 0 Å². The van der Waals surface area contributed by atoms with Crippen LogP contribution in [0.4, 0.5) is 0 Å². The number of ether oxygens (including phenoxy) is 1. The van der Waals surface area contributed by atoms with Crippen LogP contribution >= 0.6 is 15.9 Å². The van der Waals surface area contributed by atoms with Crippen LogP contribution in [0.5, 0.6) is 5.75 Å². The minimum Gasteiger partial charge on any atom is -0.484 e. The highest BCUT2D eigenvalue weighted by Crippen LogP contribution is 2.16. The number of nitrogens with zero attached hydrogens (tertiary/aromatic N) is 2. The number of hydrogen-bond donors (Lipinski definition) is 1. The predicted molar refractivity (Wildman–Crippen MR) is 114 cm³/mol. The lowest BCUT2D eigenvalue weighted by Crippen LogP contribution is -2.34. The number of carbonyl (C=O) groups excluding carboxylic acids is 2. The molecule has 2 rings (SSSR count). The summed E-state index contributed by atoms with van der Waals surface area (Å²) < 4.78 is 6.26. The third-order valence-corrected chi connectivity index (χ3v) is 4.89. The summed E-state index contributed by atoms with van der Waals surface area (Å²) in [5.41, 5.74) is 4.57. The van der Waals surface area contributed by atoms with Gasteiger partial charge in [0, 0.05) is 17.6 Å². The van der Waals surface area contributed by atoms with E-state index in [-0.39, 0.29) is 18.4 Å². The molecule has 148 valence electrons. The summed E-state index contributed by atoms with van der Waals surface area (Å²) in [5, 5.41) is 4.16. The van der Waals surface area contributed by atoms with E-state index in [2.05, 4.69) is 26.5 Å². The lowest BCUT2D eigenvalue weighted by Gasteiger charge is -2.18. The van der Waals surface area contributed by atoms with E-state index in [4.69, 9.17) is 4.74 Å². The average molecular weight is 446 g/mol. The van der Waals surface area contributed by atoms with Gasteiger partial charge in [-0.3, -0.25) is 9.59 Å². The highest BCUT2D eigenvalue weighted by molar-refractivity contribution is 9.10. The summed E-state index contributed by atoms with van der Waals surface area (Å²) in [6.07, 6.45) is 0. The number of amides is 2. The normalized spacial score (nSPS) is 11.1. The molecule has 0 aromatic heterocycles. The number of hydrogen-bond acceptors (Lipinski definition) is 4. The maximum absolute atomic E-state index is 12.2. The molecule has 1 N–H and O–H groups in total. The largest absolute Gasteiger partial charge is 0.484 e. The Morgan fingerprint density at radius 3 is 2.32 bits per heavy atom. The first-order chi connectivity index (χ1) is 13.5. The molecule has 0 aliphatic rings. The van der Waals surface area contributed by atoms with Crippen molar-refractivity contribution in [2.45, 2.75) is 20.8 Å². The first kappa shape index (κ1) is 21.6. The van der Waals surface area contributed by atoms with E-state index in [1.54, 1.807) is 42.2 Å². The minimum atomic E-state index is -0.290. The van der Waals surface area contributed by atoms with E-state index in [0.717, 1.165) is 5.56 Å². The zero-order valence-corrected chi connectivity index (χ0v) is 17.8. The van der Waals surface area contributed by atoms with E-state index in [1.165, 1.54) is 0 Å². The first-order valence-electron chi connectivity index (χ1n) is 9.06. The molecule has 0 spiro atoms. The van der Waals surface area contributed by atoms with Crippen LogP contribution < -0.4 is 10.2 Å². The van der Waals surface area contributed by atoms with Gasteiger partial charge >= 0.3 is 0 Å². The monoisotopic (exact) mass is 445 g/mol. The molecule has 0 fully saturated rings. The fourth-order valence-electron chi connectivity index (χ4n) is 2.51. The minimum absolute atomic E-state index is 0.0100. The molecule has 2 aromatic rings. The second-order valence-corrected chi connectivity index (χ2v) is 6.85. The third-order valence-electron chi connectivity index (χ3n) is 4.19. The summed E-state index contributed by atoms with van der Waals surface area (Å²) in [4.78, 5) is 25.9. The van der Waals surface area contributed by atoms with Crippen LogP contribution in [0.25, 0.3) is 0 Å². The highest BCUT2D eigenvalue weighted by atomic mass is 79.9. The van der Waals surface area contributed by atoms with Gasteiger partial charge in [-0.15, -0.1) is 0 Å². The van der Waals surface area contributed by atoms with Gasteiger partial charge in [0.1, 0.15) is 5.75 Å². The average Bonchev–Trinajstić information content (AvgIpc) is 2.72. The smallest absolute Gasteiger partial charge is 0.272 e. The van der Waals surface area contributed by atoms with E-state index in [1.807, 2.05) is 32.0 Å². The number of carbonyl (C=O) groups is 2. The van der Waals surface area contributed by atoms with Crippen molar-refractivity contribution < 1.29 is 14.3 Å². The third kappa shape index (κ3) is 5.92. The van der Waals surface area contributed by atoms with Crippen LogP contribution in [-0.2, 0) is 4.79 Å². The van der Waals surface area contributed by atoms with Gasteiger partial charge in [0.05, 0.1) is 11.3 Å². The summed E-state index contributed by atoms with van der Waals surface area (Å²) in [6, 6.07) is 14.4. The maximum atomic E-state index is 12.2. The van der Waals surface area contributed by atoms with Crippen LogP contribution in [-0.4, -0.2) is 42.1 Å². The highest BCUT2D eigenvalue weighted by Gasteiger charge is 2.11. The molecule has 0 unspecified atom stereocenters. The molecule has 0 atom stereocenters. The van der Waals surface area contributed by atoms with E-state index >= 15 is 0 Å². The number of benzene rings is 2. The van der Waals surface area contributed by atoms with Gasteiger partial charge < -0.3 is 9.64 Å². The Balaban J connectivity index is 1.95. The molecule has 0 bridgehead atoms. The van der Waals surface area contributed by atoms with Gasteiger partial charge in [-0.05, 0) is 78.7 Å². The SMILES string of the molecule is CCN(CC)C(=O)COc1ccc(/C(C)=N/NC(=O)c2ccccc2Br)cc1.